The van der Waals surface area contributed by atoms with Crippen LogP contribution in [0.4, 0.5) is 11.4 Å². The fraction of sp³-hybridized carbons (Fsp3) is 0.143. The van der Waals surface area contributed by atoms with Gasteiger partial charge in [-0.2, -0.15) is 0 Å². The summed E-state index contributed by atoms with van der Waals surface area (Å²) in [6.07, 6.45) is 0. The Balaban J connectivity index is 2.16. The van der Waals surface area contributed by atoms with Gasteiger partial charge in [-0.3, -0.25) is 0 Å². The largest absolute Gasteiger partial charge is 0.508 e. The highest BCUT2D eigenvalue weighted by Gasteiger charge is 2.06. The second kappa shape index (κ2) is 5.31. The quantitative estimate of drug-likeness (QED) is 0.855. The number of nitrogens with zero attached hydrogens (tertiary/aromatic N) is 1. The van der Waals surface area contributed by atoms with E-state index in [2.05, 4.69) is 20.8 Å². The summed E-state index contributed by atoms with van der Waals surface area (Å²) < 4.78 is 0.974. The number of phenolic OH excluding ortho intramolecular Hbond substituents is 1. The number of nitrogen functional groups attached to an aromatic ring is 1. The summed E-state index contributed by atoms with van der Waals surface area (Å²) in [7, 11) is 1.99. The SMILES string of the molecule is CN(Cc1ccc(O)cc1)c1ccc(Br)cc1N. The smallest absolute Gasteiger partial charge is 0.115 e. The maximum absolute atomic E-state index is 9.24. The first kappa shape index (κ1) is 12.8. The van der Waals surface area contributed by atoms with Crippen LogP contribution in [0.1, 0.15) is 5.56 Å². The van der Waals surface area contributed by atoms with Crippen LogP contribution in [-0.4, -0.2) is 12.2 Å². The van der Waals surface area contributed by atoms with Crippen molar-refractivity contribution >= 4 is 27.3 Å². The Kier molecular flexibility index (Phi) is 3.77. The van der Waals surface area contributed by atoms with E-state index in [1.54, 1.807) is 12.1 Å². The molecular formula is C14H15BrN2O. The Morgan fingerprint density at radius 2 is 1.83 bits per heavy atom. The van der Waals surface area contributed by atoms with Crippen LogP contribution in [0.5, 0.6) is 5.75 Å². The zero-order valence-corrected chi connectivity index (χ0v) is 11.7. The van der Waals surface area contributed by atoms with Gasteiger partial charge in [-0.15, -0.1) is 0 Å². The second-order valence-electron chi connectivity index (χ2n) is 4.23. The van der Waals surface area contributed by atoms with Crippen molar-refractivity contribution in [2.75, 3.05) is 17.7 Å². The minimum atomic E-state index is 0.282. The number of aromatic hydroxyl groups is 1. The zero-order chi connectivity index (χ0) is 13.1. The van der Waals surface area contributed by atoms with Crippen LogP contribution in [0.15, 0.2) is 46.9 Å². The van der Waals surface area contributed by atoms with Crippen molar-refractivity contribution in [2.45, 2.75) is 6.54 Å². The van der Waals surface area contributed by atoms with E-state index in [9.17, 15) is 5.11 Å². The standard InChI is InChI=1S/C14H15BrN2O/c1-17(9-10-2-5-12(18)6-3-10)14-7-4-11(15)8-13(14)16/h2-8,18H,9,16H2,1H3. The minimum Gasteiger partial charge on any atom is -0.508 e. The van der Waals surface area contributed by atoms with E-state index in [-0.39, 0.29) is 5.75 Å². The maximum atomic E-state index is 9.24. The predicted octanol–water partition coefficient (Wildman–Crippen LogP) is 3.37. The summed E-state index contributed by atoms with van der Waals surface area (Å²) in [5.74, 6) is 0.282. The van der Waals surface area contributed by atoms with Crippen molar-refractivity contribution in [3.05, 3.63) is 52.5 Å². The second-order valence-corrected chi connectivity index (χ2v) is 5.14. The molecule has 94 valence electrons. The Morgan fingerprint density at radius 3 is 2.44 bits per heavy atom. The number of halogens is 1. The molecule has 0 unspecified atom stereocenters. The number of anilines is 2. The summed E-state index contributed by atoms with van der Waals surface area (Å²) >= 11 is 3.39. The van der Waals surface area contributed by atoms with E-state index in [4.69, 9.17) is 5.73 Å². The number of phenols is 1. The van der Waals surface area contributed by atoms with E-state index >= 15 is 0 Å². The molecule has 0 atom stereocenters. The van der Waals surface area contributed by atoms with Crippen LogP contribution in [0.25, 0.3) is 0 Å². The van der Waals surface area contributed by atoms with Crippen molar-refractivity contribution in [3.8, 4) is 5.75 Å². The molecule has 2 aromatic rings. The van der Waals surface area contributed by atoms with Gasteiger partial charge < -0.3 is 15.7 Å². The van der Waals surface area contributed by atoms with Gasteiger partial charge in [0.25, 0.3) is 0 Å². The Morgan fingerprint density at radius 1 is 1.17 bits per heavy atom. The molecule has 18 heavy (non-hydrogen) atoms. The number of hydrogen-bond acceptors (Lipinski definition) is 3. The molecule has 0 spiro atoms. The van der Waals surface area contributed by atoms with E-state index < -0.39 is 0 Å². The van der Waals surface area contributed by atoms with Gasteiger partial charge in [0.1, 0.15) is 5.75 Å². The minimum absolute atomic E-state index is 0.282. The summed E-state index contributed by atoms with van der Waals surface area (Å²) in [5, 5.41) is 9.24. The lowest BCUT2D eigenvalue weighted by atomic mass is 10.2. The first-order valence-corrected chi connectivity index (χ1v) is 6.39. The molecule has 3 N–H and O–H groups in total. The van der Waals surface area contributed by atoms with E-state index in [0.717, 1.165) is 28.0 Å². The van der Waals surface area contributed by atoms with Crippen LogP contribution in [0, 0.1) is 0 Å². The lowest BCUT2D eigenvalue weighted by Gasteiger charge is -2.21. The van der Waals surface area contributed by atoms with Crippen LogP contribution in [0.2, 0.25) is 0 Å². The molecule has 0 bridgehead atoms. The lowest BCUT2D eigenvalue weighted by molar-refractivity contribution is 0.475. The van der Waals surface area contributed by atoms with Gasteiger partial charge in [0.05, 0.1) is 11.4 Å². The molecule has 0 aliphatic rings. The summed E-state index contributed by atoms with van der Waals surface area (Å²) in [4.78, 5) is 2.08. The number of nitrogens with two attached hydrogens (primary N) is 1. The van der Waals surface area contributed by atoms with Gasteiger partial charge >= 0.3 is 0 Å². The molecule has 0 saturated carbocycles. The van der Waals surface area contributed by atoms with E-state index in [1.807, 2.05) is 37.4 Å². The first-order chi connectivity index (χ1) is 8.56. The molecule has 0 fully saturated rings. The fourth-order valence-corrected chi connectivity index (χ4v) is 2.21. The summed E-state index contributed by atoms with van der Waals surface area (Å²) in [5.41, 5.74) is 8.84. The number of rotatable bonds is 3. The first-order valence-electron chi connectivity index (χ1n) is 5.60. The Bertz CT molecular complexity index is 540. The Labute approximate surface area is 115 Å². The van der Waals surface area contributed by atoms with Gasteiger partial charge in [0.2, 0.25) is 0 Å². The average molecular weight is 307 g/mol. The van der Waals surface area contributed by atoms with E-state index in [1.165, 1.54) is 0 Å². The molecule has 0 saturated heterocycles. The van der Waals surface area contributed by atoms with Crippen LogP contribution in [0.3, 0.4) is 0 Å². The Hall–Kier alpha value is -1.68. The molecule has 0 aromatic heterocycles. The van der Waals surface area contributed by atoms with Crippen LogP contribution < -0.4 is 10.6 Å². The molecule has 3 nitrogen and oxygen atoms in total. The lowest BCUT2D eigenvalue weighted by Crippen LogP contribution is -2.17. The molecule has 0 radical (unpaired) electrons. The highest BCUT2D eigenvalue weighted by atomic mass is 79.9. The van der Waals surface area contributed by atoms with Crippen LogP contribution in [-0.2, 0) is 6.54 Å². The number of benzene rings is 2. The molecule has 0 aliphatic heterocycles. The van der Waals surface area contributed by atoms with Gasteiger partial charge in [-0.1, -0.05) is 28.1 Å². The highest BCUT2D eigenvalue weighted by Crippen LogP contribution is 2.27. The average Bonchev–Trinajstić information content (AvgIpc) is 2.32. The van der Waals surface area contributed by atoms with Crippen molar-refractivity contribution in [3.63, 3.8) is 0 Å². The molecule has 0 heterocycles. The third kappa shape index (κ3) is 2.96. The molecule has 2 aromatic carbocycles. The van der Waals surface area contributed by atoms with E-state index in [0.29, 0.717) is 0 Å². The molecule has 4 heteroatoms. The third-order valence-electron chi connectivity index (χ3n) is 2.76. The molecule has 2 rings (SSSR count). The molecule has 0 amide bonds. The monoisotopic (exact) mass is 306 g/mol. The van der Waals surface area contributed by atoms with Gasteiger partial charge in [0, 0.05) is 18.1 Å². The summed E-state index contributed by atoms with van der Waals surface area (Å²) in [6, 6.07) is 13.0. The highest BCUT2D eigenvalue weighted by molar-refractivity contribution is 9.10. The topological polar surface area (TPSA) is 49.5 Å². The van der Waals surface area contributed by atoms with Crippen molar-refractivity contribution in [2.24, 2.45) is 0 Å². The summed E-state index contributed by atoms with van der Waals surface area (Å²) in [6.45, 7) is 0.742. The fourth-order valence-electron chi connectivity index (χ4n) is 1.83. The third-order valence-corrected chi connectivity index (χ3v) is 3.25. The maximum Gasteiger partial charge on any atom is 0.115 e. The van der Waals surface area contributed by atoms with Crippen LogP contribution >= 0.6 is 15.9 Å². The zero-order valence-electron chi connectivity index (χ0n) is 10.1. The normalized spacial score (nSPS) is 10.3. The van der Waals surface area contributed by atoms with Gasteiger partial charge in [0.15, 0.2) is 0 Å². The predicted molar refractivity (Wildman–Crippen MR) is 78.8 cm³/mol. The number of hydrogen-bond donors (Lipinski definition) is 2. The van der Waals surface area contributed by atoms with Gasteiger partial charge in [-0.05, 0) is 35.9 Å². The van der Waals surface area contributed by atoms with Crippen molar-refractivity contribution < 1.29 is 5.11 Å². The van der Waals surface area contributed by atoms with Crippen molar-refractivity contribution in [1.29, 1.82) is 0 Å². The molecular weight excluding hydrogens is 292 g/mol. The van der Waals surface area contributed by atoms with Crippen molar-refractivity contribution in [1.82, 2.24) is 0 Å². The molecule has 0 aliphatic carbocycles. The van der Waals surface area contributed by atoms with Gasteiger partial charge in [-0.25, -0.2) is 0 Å².